The number of nitrogens with zero attached hydrogens (tertiary/aromatic N) is 2. The topological polar surface area (TPSA) is 43.8 Å². The maximum Gasteiger partial charge on any atom is 0.205 e. The van der Waals surface area contributed by atoms with Crippen molar-refractivity contribution < 1.29 is 4.39 Å². The van der Waals surface area contributed by atoms with Crippen molar-refractivity contribution in [1.29, 1.82) is 0 Å². The van der Waals surface area contributed by atoms with Crippen LogP contribution in [-0.2, 0) is 0 Å². The monoisotopic (exact) mass is 275 g/mol. The molecule has 1 heterocycles. The first-order valence-corrected chi connectivity index (χ1v) is 6.14. The van der Waals surface area contributed by atoms with Crippen LogP contribution in [0.5, 0.6) is 0 Å². The molecule has 3 nitrogen and oxygen atoms in total. The summed E-state index contributed by atoms with van der Waals surface area (Å²) in [5.74, 6) is -0.0550. The number of nitrogen functional groups attached to an aromatic ring is 1. The summed E-state index contributed by atoms with van der Waals surface area (Å²) < 4.78 is 14.9. The lowest BCUT2D eigenvalue weighted by Gasteiger charge is -2.09. The number of halogens is 2. The van der Waals surface area contributed by atoms with Gasteiger partial charge in [-0.25, -0.2) is 9.37 Å². The van der Waals surface area contributed by atoms with Crippen LogP contribution in [0.3, 0.4) is 0 Å². The SMILES string of the molecule is Cc1ccc(Cl)c(-n2c(N)nc3cc(F)ccc32)c1. The van der Waals surface area contributed by atoms with E-state index in [0.717, 1.165) is 16.8 Å². The number of hydrogen-bond donors (Lipinski definition) is 1. The molecule has 0 spiro atoms. The summed E-state index contributed by atoms with van der Waals surface area (Å²) in [6.07, 6.45) is 0. The fraction of sp³-hybridized carbons (Fsp3) is 0.0714. The van der Waals surface area contributed by atoms with Crippen LogP contribution in [0.15, 0.2) is 36.4 Å². The normalized spacial score (nSPS) is 11.1. The van der Waals surface area contributed by atoms with Crippen molar-refractivity contribution in [2.75, 3.05) is 5.73 Å². The third-order valence-corrected chi connectivity index (χ3v) is 3.30. The molecule has 2 aromatic carbocycles. The molecule has 1 aromatic heterocycles. The number of fused-ring (bicyclic) bond motifs is 1. The Kier molecular flexibility index (Phi) is 2.68. The minimum absolute atomic E-state index is 0.285. The maximum absolute atomic E-state index is 13.2. The van der Waals surface area contributed by atoms with Crippen LogP contribution in [0.4, 0.5) is 10.3 Å². The maximum atomic E-state index is 13.2. The summed E-state index contributed by atoms with van der Waals surface area (Å²) in [7, 11) is 0. The second-order valence-corrected chi connectivity index (χ2v) is 4.80. The lowest BCUT2D eigenvalue weighted by atomic mass is 10.2. The zero-order valence-electron chi connectivity index (χ0n) is 10.2. The number of imidazole rings is 1. The average Bonchev–Trinajstić information content (AvgIpc) is 2.67. The molecule has 2 N–H and O–H groups in total. The van der Waals surface area contributed by atoms with Crippen molar-refractivity contribution in [3.05, 3.63) is 52.8 Å². The molecule has 19 heavy (non-hydrogen) atoms. The first-order valence-electron chi connectivity index (χ1n) is 5.76. The van der Waals surface area contributed by atoms with E-state index in [1.807, 2.05) is 19.1 Å². The van der Waals surface area contributed by atoms with Gasteiger partial charge in [0.2, 0.25) is 5.95 Å². The van der Waals surface area contributed by atoms with Crippen LogP contribution >= 0.6 is 11.6 Å². The van der Waals surface area contributed by atoms with E-state index in [2.05, 4.69) is 4.98 Å². The highest BCUT2D eigenvalue weighted by atomic mass is 35.5. The summed E-state index contributed by atoms with van der Waals surface area (Å²) in [6, 6.07) is 10.0. The fourth-order valence-electron chi connectivity index (χ4n) is 2.12. The third-order valence-electron chi connectivity index (χ3n) is 2.99. The molecule has 0 aliphatic rings. The lowest BCUT2D eigenvalue weighted by molar-refractivity contribution is 0.629. The first kappa shape index (κ1) is 12.0. The van der Waals surface area contributed by atoms with Crippen LogP contribution < -0.4 is 5.73 Å². The zero-order chi connectivity index (χ0) is 13.6. The highest BCUT2D eigenvalue weighted by Gasteiger charge is 2.13. The third kappa shape index (κ3) is 1.94. The van der Waals surface area contributed by atoms with Crippen molar-refractivity contribution in [2.24, 2.45) is 0 Å². The number of benzene rings is 2. The highest BCUT2D eigenvalue weighted by molar-refractivity contribution is 6.32. The van der Waals surface area contributed by atoms with Crippen molar-refractivity contribution in [3.8, 4) is 5.69 Å². The van der Waals surface area contributed by atoms with E-state index in [0.29, 0.717) is 10.5 Å². The molecule has 3 aromatic rings. The van der Waals surface area contributed by atoms with Gasteiger partial charge < -0.3 is 5.73 Å². The van der Waals surface area contributed by atoms with Gasteiger partial charge in [-0.2, -0.15) is 0 Å². The largest absolute Gasteiger partial charge is 0.369 e. The van der Waals surface area contributed by atoms with Gasteiger partial charge >= 0.3 is 0 Å². The predicted octanol–water partition coefficient (Wildman–Crippen LogP) is 3.71. The van der Waals surface area contributed by atoms with Gasteiger partial charge in [0.1, 0.15) is 5.82 Å². The molecule has 0 saturated carbocycles. The molecule has 0 unspecified atom stereocenters. The lowest BCUT2D eigenvalue weighted by Crippen LogP contribution is -2.01. The standard InChI is InChI=1S/C14H11ClFN3/c1-8-2-4-10(15)13(6-8)19-12-5-3-9(16)7-11(12)18-14(19)17/h2-7H,1H3,(H2,17,18). The molecule has 0 amide bonds. The second kappa shape index (κ2) is 4.24. The van der Waals surface area contributed by atoms with Gasteiger partial charge in [-0.05, 0) is 36.8 Å². The number of rotatable bonds is 1. The van der Waals surface area contributed by atoms with E-state index in [1.165, 1.54) is 12.1 Å². The van der Waals surface area contributed by atoms with Crippen molar-refractivity contribution in [1.82, 2.24) is 9.55 Å². The van der Waals surface area contributed by atoms with Gasteiger partial charge in [-0.15, -0.1) is 0 Å². The molecule has 0 fully saturated rings. The van der Waals surface area contributed by atoms with Gasteiger partial charge in [-0.1, -0.05) is 17.7 Å². The second-order valence-electron chi connectivity index (χ2n) is 4.39. The van der Waals surface area contributed by atoms with Gasteiger partial charge in [0, 0.05) is 6.07 Å². The Morgan fingerprint density at radius 1 is 1.21 bits per heavy atom. The highest BCUT2D eigenvalue weighted by Crippen LogP contribution is 2.29. The first-order chi connectivity index (χ1) is 9.06. The minimum Gasteiger partial charge on any atom is -0.369 e. The van der Waals surface area contributed by atoms with E-state index < -0.39 is 0 Å². The molecular weight excluding hydrogens is 265 g/mol. The van der Waals surface area contributed by atoms with Gasteiger partial charge in [-0.3, -0.25) is 4.57 Å². The van der Waals surface area contributed by atoms with Crippen LogP contribution in [0.2, 0.25) is 5.02 Å². The molecule has 0 atom stereocenters. The molecule has 0 aliphatic carbocycles. The Hall–Kier alpha value is -2.07. The summed E-state index contributed by atoms with van der Waals surface area (Å²) in [6.45, 7) is 1.97. The molecule has 96 valence electrons. The van der Waals surface area contributed by atoms with E-state index in [4.69, 9.17) is 17.3 Å². The molecule has 3 rings (SSSR count). The Labute approximate surface area is 114 Å². The quantitative estimate of drug-likeness (QED) is 0.736. The summed E-state index contributed by atoms with van der Waals surface area (Å²) in [4.78, 5) is 4.16. The smallest absolute Gasteiger partial charge is 0.205 e. The van der Waals surface area contributed by atoms with Gasteiger partial charge in [0.15, 0.2) is 0 Å². The van der Waals surface area contributed by atoms with E-state index in [9.17, 15) is 4.39 Å². The summed E-state index contributed by atoms with van der Waals surface area (Å²) in [5.41, 5.74) is 8.96. The van der Waals surface area contributed by atoms with Crippen LogP contribution in [0.25, 0.3) is 16.7 Å². The Balaban J connectivity index is 2.36. The van der Waals surface area contributed by atoms with E-state index in [-0.39, 0.29) is 11.8 Å². The van der Waals surface area contributed by atoms with E-state index in [1.54, 1.807) is 16.7 Å². The number of aromatic nitrogens is 2. The average molecular weight is 276 g/mol. The molecule has 5 heteroatoms. The predicted molar refractivity (Wildman–Crippen MR) is 75.2 cm³/mol. The number of hydrogen-bond acceptors (Lipinski definition) is 2. The number of anilines is 1. The number of nitrogens with two attached hydrogens (primary N) is 1. The van der Waals surface area contributed by atoms with Crippen molar-refractivity contribution in [2.45, 2.75) is 6.92 Å². The Morgan fingerprint density at radius 3 is 2.79 bits per heavy atom. The summed E-state index contributed by atoms with van der Waals surface area (Å²) >= 11 is 6.21. The van der Waals surface area contributed by atoms with E-state index >= 15 is 0 Å². The molecule has 0 radical (unpaired) electrons. The zero-order valence-corrected chi connectivity index (χ0v) is 10.9. The molecule has 0 aliphatic heterocycles. The van der Waals surface area contributed by atoms with Crippen LogP contribution in [0, 0.1) is 12.7 Å². The number of aryl methyl sites for hydroxylation is 1. The fourth-order valence-corrected chi connectivity index (χ4v) is 2.32. The molecule has 0 saturated heterocycles. The minimum atomic E-state index is -0.340. The molecule has 0 bridgehead atoms. The summed E-state index contributed by atoms with van der Waals surface area (Å²) in [5, 5.41) is 0.570. The van der Waals surface area contributed by atoms with Gasteiger partial charge in [0.05, 0.1) is 21.7 Å². The Morgan fingerprint density at radius 2 is 2.00 bits per heavy atom. The van der Waals surface area contributed by atoms with Gasteiger partial charge in [0.25, 0.3) is 0 Å². The molecular formula is C14H11ClFN3. The van der Waals surface area contributed by atoms with Crippen LogP contribution in [-0.4, -0.2) is 9.55 Å². The Bertz CT molecular complexity index is 780. The van der Waals surface area contributed by atoms with Crippen molar-refractivity contribution in [3.63, 3.8) is 0 Å². The van der Waals surface area contributed by atoms with Crippen molar-refractivity contribution >= 4 is 28.6 Å². The van der Waals surface area contributed by atoms with Crippen LogP contribution in [0.1, 0.15) is 5.56 Å².